The zero-order chi connectivity index (χ0) is 18.9. The van der Waals surface area contributed by atoms with E-state index in [4.69, 9.17) is 0 Å². The lowest BCUT2D eigenvalue weighted by Crippen LogP contribution is -2.16. The number of amides is 1. The zero-order valence-corrected chi connectivity index (χ0v) is 15.5. The summed E-state index contributed by atoms with van der Waals surface area (Å²) in [6.45, 7) is 0. The Kier molecular flexibility index (Phi) is 4.65. The minimum atomic E-state index is -3.35. The van der Waals surface area contributed by atoms with Gasteiger partial charge in [0.1, 0.15) is 5.82 Å². The molecule has 0 unspecified atom stereocenters. The van der Waals surface area contributed by atoms with Crippen LogP contribution in [0.2, 0.25) is 0 Å². The van der Waals surface area contributed by atoms with Crippen LogP contribution in [0.15, 0.2) is 59.5 Å². The second kappa shape index (κ2) is 6.76. The van der Waals surface area contributed by atoms with Gasteiger partial charge in [-0.2, -0.15) is 0 Å². The van der Waals surface area contributed by atoms with Gasteiger partial charge in [-0.3, -0.25) is 4.79 Å². The highest BCUT2D eigenvalue weighted by molar-refractivity contribution is 7.90. The standard InChI is InChI=1S/C19H19N3O3S/c1-22(2)18-12-16(15-9-4-5-10-17(15)21-18)19(23)20-13-7-6-8-14(11-13)26(3,24)25/h4-12H,1-3H3,(H,20,23). The molecule has 7 heteroatoms. The molecular formula is C19H19N3O3S. The van der Waals surface area contributed by atoms with E-state index in [9.17, 15) is 13.2 Å². The predicted octanol–water partition coefficient (Wildman–Crippen LogP) is 2.96. The molecule has 0 bridgehead atoms. The molecule has 0 fully saturated rings. The molecule has 0 aliphatic rings. The summed E-state index contributed by atoms with van der Waals surface area (Å²) in [6.07, 6.45) is 1.13. The molecule has 6 nitrogen and oxygen atoms in total. The van der Waals surface area contributed by atoms with Gasteiger partial charge in [0.05, 0.1) is 16.0 Å². The Labute approximate surface area is 152 Å². The number of aromatic nitrogens is 1. The van der Waals surface area contributed by atoms with E-state index in [1.165, 1.54) is 12.1 Å². The van der Waals surface area contributed by atoms with Gasteiger partial charge >= 0.3 is 0 Å². The summed E-state index contributed by atoms with van der Waals surface area (Å²) in [7, 11) is 0.365. The molecule has 26 heavy (non-hydrogen) atoms. The number of nitrogens with one attached hydrogen (secondary N) is 1. The van der Waals surface area contributed by atoms with Gasteiger partial charge in [0.2, 0.25) is 0 Å². The lowest BCUT2D eigenvalue weighted by molar-refractivity contribution is 0.102. The quantitative estimate of drug-likeness (QED) is 0.765. The van der Waals surface area contributed by atoms with Crippen molar-refractivity contribution in [3.63, 3.8) is 0 Å². The van der Waals surface area contributed by atoms with E-state index in [2.05, 4.69) is 10.3 Å². The maximum atomic E-state index is 12.9. The van der Waals surface area contributed by atoms with Gasteiger partial charge in [0.15, 0.2) is 9.84 Å². The van der Waals surface area contributed by atoms with Crippen molar-refractivity contribution < 1.29 is 13.2 Å². The molecular weight excluding hydrogens is 350 g/mol. The highest BCUT2D eigenvalue weighted by Gasteiger charge is 2.15. The van der Waals surface area contributed by atoms with E-state index in [0.29, 0.717) is 22.6 Å². The normalized spacial score (nSPS) is 11.3. The number of rotatable bonds is 4. The smallest absolute Gasteiger partial charge is 0.256 e. The molecule has 1 amide bonds. The number of anilines is 2. The van der Waals surface area contributed by atoms with E-state index in [-0.39, 0.29) is 10.8 Å². The van der Waals surface area contributed by atoms with Crippen LogP contribution >= 0.6 is 0 Å². The molecule has 0 aliphatic carbocycles. The average molecular weight is 369 g/mol. The van der Waals surface area contributed by atoms with Crippen LogP contribution in [0, 0.1) is 0 Å². The second-order valence-corrected chi connectivity index (χ2v) is 8.21. The molecule has 1 aromatic heterocycles. The highest BCUT2D eigenvalue weighted by atomic mass is 32.2. The van der Waals surface area contributed by atoms with Crippen molar-refractivity contribution >= 4 is 38.2 Å². The Hall–Kier alpha value is -2.93. The minimum Gasteiger partial charge on any atom is -0.363 e. The summed E-state index contributed by atoms with van der Waals surface area (Å²) in [5, 5.41) is 3.51. The molecule has 134 valence electrons. The lowest BCUT2D eigenvalue weighted by atomic mass is 10.1. The van der Waals surface area contributed by atoms with Crippen LogP contribution < -0.4 is 10.2 Å². The third-order valence-electron chi connectivity index (χ3n) is 3.93. The molecule has 3 rings (SSSR count). The summed E-state index contributed by atoms with van der Waals surface area (Å²) in [4.78, 5) is 19.4. The number of pyridine rings is 1. The number of hydrogen-bond acceptors (Lipinski definition) is 5. The topological polar surface area (TPSA) is 79.4 Å². The van der Waals surface area contributed by atoms with Crippen molar-refractivity contribution in [3.05, 3.63) is 60.2 Å². The van der Waals surface area contributed by atoms with Crippen LogP contribution in [-0.4, -0.2) is 39.7 Å². The molecule has 0 radical (unpaired) electrons. The first kappa shape index (κ1) is 17.9. The van der Waals surface area contributed by atoms with E-state index < -0.39 is 9.84 Å². The Morgan fingerprint density at radius 2 is 1.77 bits per heavy atom. The van der Waals surface area contributed by atoms with Crippen molar-refractivity contribution in [2.75, 3.05) is 30.6 Å². The Bertz CT molecular complexity index is 1090. The van der Waals surface area contributed by atoms with Crippen LogP contribution in [0.4, 0.5) is 11.5 Å². The SMILES string of the molecule is CN(C)c1cc(C(=O)Nc2cccc(S(C)(=O)=O)c2)c2ccccc2n1. The summed E-state index contributed by atoms with van der Waals surface area (Å²) in [5.74, 6) is 0.344. The molecule has 0 spiro atoms. The van der Waals surface area contributed by atoms with Gasteiger partial charge in [-0.25, -0.2) is 13.4 Å². The summed E-state index contributed by atoms with van der Waals surface area (Å²) < 4.78 is 23.4. The summed E-state index contributed by atoms with van der Waals surface area (Å²) in [5.41, 5.74) is 1.61. The fraction of sp³-hybridized carbons (Fsp3) is 0.158. The number of fused-ring (bicyclic) bond motifs is 1. The monoisotopic (exact) mass is 369 g/mol. The molecule has 2 aromatic carbocycles. The van der Waals surface area contributed by atoms with E-state index in [1.54, 1.807) is 18.2 Å². The minimum absolute atomic E-state index is 0.156. The number of hydrogen-bond donors (Lipinski definition) is 1. The van der Waals surface area contributed by atoms with Crippen LogP contribution in [0.1, 0.15) is 10.4 Å². The van der Waals surface area contributed by atoms with Gasteiger partial charge in [0, 0.05) is 31.4 Å². The van der Waals surface area contributed by atoms with Crippen molar-refractivity contribution in [3.8, 4) is 0 Å². The van der Waals surface area contributed by atoms with Crippen LogP contribution in [0.5, 0.6) is 0 Å². The first-order chi connectivity index (χ1) is 12.3. The van der Waals surface area contributed by atoms with Crippen molar-refractivity contribution in [2.45, 2.75) is 4.90 Å². The van der Waals surface area contributed by atoms with Gasteiger partial charge in [-0.15, -0.1) is 0 Å². The second-order valence-electron chi connectivity index (χ2n) is 6.19. The van der Waals surface area contributed by atoms with E-state index in [1.807, 2.05) is 43.3 Å². The first-order valence-corrected chi connectivity index (χ1v) is 9.83. The van der Waals surface area contributed by atoms with Crippen LogP contribution in [-0.2, 0) is 9.84 Å². The van der Waals surface area contributed by atoms with Crippen molar-refractivity contribution in [1.29, 1.82) is 0 Å². The fourth-order valence-corrected chi connectivity index (χ4v) is 3.25. The van der Waals surface area contributed by atoms with E-state index >= 15 is 0 Å². The average Bonchev–Trinajstić information content (AvgIpc) is 2.60. The largest absolute Gasteiger partial charge is 0.363 e. The van der Waals surface area contributed by atoms with E-state index in [0.717, 1.165) is 11.6 Å². The number of carbonyl (C=O) groups is 1. The number of nitrogens with zero attached hydrogens (tertiary/aromatic N) is 2. The highest BCUT2D eigenvalue weighted by Crippen LogP contribution is 2.24. The van der Waals surface area contributed by atoms with Crippen LogP contribution in [0.3, 0.4) is 0 Å². The van der Waals surface area contributed by atoms with Crippen molar-refractivity contribution in [2.24, 2.45) is 0 Å². The molecule has 0 saturated carbocycles. The van der Waals surface area contributed by atoms with Gasteiger partial charge in [-0.1, -0.05) is 24.3 Å². The van der Waals surface area contributed by atoms with Gasteiger partial charge in [0.25, 0.3) is 5.91 Å². The van der Waals surface area contributed by atoms with Crippen LogP contribution in [0.25, 0.3) is 10.9 Å². The Morgan fingerprint density at radius 1 is 1.04 bits per heavy atom. The molecule has 0 atom stereocenters. The number of benzene rings is 2. The van der Waals surface area contributed by atoms with Gasteiger partial charge < -0.3 is 10.2 Å². The maximum absolute atomic E-state index is 12.9. The molecule has 3 aromatic rings. The number of para-hydroxylation sites is 1. The summed E-state index contributed by atoms with van der Waals surface area (Å²) >= 11 is 0. The molecule has 0 aliphatic heterocycles. The lowest BCUT2D eigenvalue weighted by Gasteiger charge is -2.15. The van der Waals surface area contributed by atoms with Crippen molar-refractivity contribution in [1.82, 2.24) is 4.98 Å². The summed E-state index contributed by atoms with van der Waals surface area (Å²) in [6, 6.07) is 15.3. The first-order valence-electron chi connectivity index (χ1n) is 7.94. The predicted molar refractivity (Wildman–Crippen MR) is 104 cm³/mol. The number of sulfone groups is 1. The fourth-order valence-electron chi connectivity index (χ4n) is 2.58. The third kappa shape index (κ3) is 3.67. The Morgan fingerprint density at radius 3 is 2.46 bits per heavy atom. The maximum Gasteiger partial charge on any atom is 0.256 e. The Balaban J connectivity index is 2.03. The van der Waals surface area contributed by atoms with Gasteiger partial charge in [-0.05, 0) is 30.3 Å². The zero-order valence-electron chi connectivity index (χ0n) is 14.7. The molecule has 0 saturated heterocycles. The molecule has 1 N–H and O–H groups in total. The molecule has 1 heterocycles. The third-order valence-corrected chi connectivity index (χ3v) is 5.04. The number of carbonyl (C=O) groups excluding carboxylic acids is 1.